The molecule has 0 bridgehead atoms. The van der Waals surface area contributed by atoms with E-state index in [0.29, 0.717) is 12.8 Å². The van der Waals surface area contributed by atoms with Crippen molar-refractivity contribution in [2.24, 2.45) is 11.8 Å². The first-order valence-corrected chi connectivity index (χ1v) is 6.07. The maximum Gasteiger partial charge on any atom is 0.306 e. The normalized spacial score (nSPS) is 27.1. The molecule has 1 aliphatic carbocycles. The molecule has 1 aliphatic rings. The van der Waals surface area contributed by atoms with Crippen molar-refractivity contribution in [1.29, 1.82) is 0 Å². The molecule has 0 heterocycles. The van der Waals surface area contributed by atoms with E-state index < -0.39 is 5.97 Å². The number of carboxylic acid groups (broad SMARTS) is 1. The summed E-state index contributed by atoms with van der Waals surface area (Å²) in [5.41, 5.74) is 0. The number of carbonyl (C=O) groups excluding carboxylic acids is 1. The smallest absolute Gasteiger partial charge is 0.306 e. The van der Waals surface area contributed by atoms with Crippen molar-refractivity contribution < 1.29 is 14.7 Å². The third-order valence-corrected chi connectivity index (χ3v) is 3.40. The van der Waals surface area contributed by atoms with Crippen LogP contribution in [0.3, 0.4) is 0 Å². The van der Waals surface area contributed by atoms with Crippen LogP contribution in [0.2, 0.25) is 0 Å². The molecular weight excluding hydrogens is 206 g/mol. The summed E-state index contributed by atoms with van der Waals surface area (Å²) in [4.78, 5) is 22.7. The van der Waals surface area contributed by atoms with Crippen molar-refractivity contribution >= 4 is 11.9 Å². The van der Waals surface area contributed by atoms with Crippen LogP contribution < -0.4 is 5.32 Å². The molecule has 0 aromatic rings. The second-order valence-corrected chi connectivity index (χ2v) is 4.72. The molecule has 3 atom stereocenters. The monoisotopic (exact) mass is 227 g/mol. The second kappa shape index (κ2) is 5.87. The molecule has 1 fully saturated rings. The van der Waals surface area contributed by atoms with Gasteiger partial charge in [0.15, 0.2) is 0 Å². The molecule has 3 unspecified atom stereocenters. The van der Waals surface area contributed by atoms with Crippen molar-refractivity contribution in [2.45, 2.75) is 52.0 Å². The van der Waals surface area contributed by atoms with Crippen LogP contribution in [0.15, 0.2) is 0 Å². The fourth-order valence-electron chi connectivity index (χ4n) is 2.11. The summed E-state index contributed by atoms with van der Waals surface area (Å²) in [7, 11) is 0. The van der Waals surface area contributed by atoms with Crippen molar-refractivity contribution in [3.63, 3.8) is 0 Å². The van der Waals surface area contributed by atoms with E-state index in [9.17, 15) is 9.59 Å². The molecule has 0 radical (unpaired) electrons. The summed E-state index contributed by atoms with van der Waals surface area (Å²) in [6.07, 6.45) is 3.78. The first kappa shape index (κ1) is 13.0. The highest BCUT2D eigenvalue weighted by Crippen LogP contribution is 2.29. The van der Waals surface area contributed by atoms with Gasteiger partial charge in [0, 0.05) is 12.0 Å². The Balaban J connectivity index is 2.47. The minimum atomic E-state index is -0.763. The number of rotatable bonds is 4. The molecule has 2 N–H and O–H groups in total. The van der Waals surface area contributed by atoms with Crippen LogP contribution in [-0.4, -0.2) is 23.0 Å². The zero-order chi connectivity index (χ0) is 12.1. The molecule has 4 nitrogen and oxygen atoms in total. The van der Waals surface area contributed by atoms with Crippen LogP contribution in [0.4, 0.5) is 0 Å². The second-order valence-electron chi connectivity index (χ2n) is 4.72. The minimum Gasteiger partial charge on any atom is -0.481 e. The number of hydrogen-bond donors (Lipinski definition) is 2. The standard InChI is InChI=1S/C12H21NO3/c1-3-8(2)13-11(14)9-5-4-6-10(7-9)12(15)16/h8-10H,3-7H2,1-2H3,(H,13,14)(H,15,16). The van der Waals surface area contributed by atoms with Gasteiger partial charge >= 0.3 is 5.97 Å². The van der Waals surface area contributed by atoms with Crippen molar-refractivity contribution in [2.75, 3.05) is 0 Å². The van der Waals surface area contributed by atoms with Gasteiger partial charge in [0.25, 0.3) is 0 Å². The van der Waals surface area contributed by atoms with Gasteiger partial charge < -0.3 is 10.4 Å². The van der Waals surface area contributed by atoms with Crippen molar-refractivity contribution in [3.05, 3.63) is 0 Å². The Labute approximate surface area is 96.4 Å². The van der Waals surface area contributed by atoms with Crippen LogP contribution in [-0.2, 0) is 9.59 Å². The maximum absolute atomic E-state index is 11.8. The molecule has 0 spiro atoms. The first-order chi connectivity index (χ1) is 7.54. The van der Waals surface area contributed by atoms with E-state index in [1.54, 1.807) is 0 Å². The summed E-state index contributed by atoms with van der Waals surface area (Å²) < 4.78 is 0. The maximum atomic E-state index is 11.8. The van der Waals surface area contributed by atoms with E-state index in [2.05, 4.69) is 5.32 Å². The molecule has 0 aliphatic heterocycles. The molecule has 1 amide bonds. The van der Waals surface area contributed by atoms with Gasteiger partial charge in [-0.25, -0.2) is 0 Å². The summed E-state index contributed by atoms with van der Waals surface area (Å²) in [5.74, 6) is -1.17. The third kappa shape index (κ3) is 3.51. The Morgan fingerprint density at radius 1 is 1.38 bits per heavy atom. The van der Waals surface area contributed by atoms with E-state index in [4.69, 9.17) is 5.11 Å². The SMILES string of the molecule is CCC(C)NC(=O)C1CCCC(C(=O)O)C1. The van der Waals surface area contributed by atoms with E-state index in [-0.39, 0.29) is 23.8 Å². The van der Waals surface area contributed by atoms with E-state index in [0.717, 1.165) is 19.3 Å². The van der Waals surface area contributed by atoms with Crippen molar-refractivity contribution in [3.8, 4) is 0 Å². The highest BCUT2D eigenvalue weighted by molar-refractivity contribution is 5.80. The van der Waals surface area contributed by atoms with Crippen LogP contribution in [0.5, 0.6) is 0 Å². The van der Waals surface area contributed by atoms with E-state index in [1.165, 1.54) is 0 Å². The van der Waals surface area contributed by atoms with Crippen LogP contribution >= 0.6 is 0 Å². The first-order valence-electron chi connectivity index (χ1n) is 6.07. The molecule has 92 valence electrons. The van der Waals surface area contributed by atoms with E-state index >= 15 is 0 Å². The molecule has 0 aromatic heterocycles. The van der Waals surface area contributed by atoms with Gasteiger partial charge in [-0.05, 0) is 32.6 Å². The van der Waals surface area contributed by atoms with Gasteiger partial charge in [-0.1, -0.05) is 13.3 Å². The van der Waals surface area contributed by atoms with Gasteiger partial charge in [0.05, 0.1) is 5.92 Å². The molecule has 4 heteroatoms. The Morgan fingerprint density at radius 2 is 2.00 bits per heavy atom. The Hall–Kier alpha value is -1.06. The lowest BCUT2D eigenvalue weighted by Gasteiger charge is -2.26. The fourth-order valence-corrected chi connectivity index (χ4v) is 2.11. The molecule has 16 heavy (non-hydrogen) atoms. The zero-order valence-electron chi connectivity index (χ0n) is 10.0. The highest BCUT2D eigenvalue weighted by Gasteiger charge is 2.31. The average Bonchev–Trinajstić information content (AvgIpc) is 2.28. The van der Waals surface area contributed by atoms with E-state index in [1.807, 2.05) is 13.8 Å². The van der Waals surface area contributed by atoms with Gasteiger partial charge in [-0.2, -0.15) is 0 Å². The van der Waals surface area contributed by atoms with Gasteiger partial charge in [0.2, 0.25) is 5.91 Å². The van der Waals surface area contributed by atoms with Gasteiger partial charge in [-0.15, -0.1) is 0 Å². The summed E-state index contributed by atoms with van der Waals surface area (Å²) in [5, 5.41) is 11.9. The topological polar surface area (TPSA) is 66.4 Å². The minimum absolute atomic E-state index is 0.0281. The van der Waals surface area contributed by atoms with Crippen LogP contribution in [0.25, 0.3) is 0 Å². The lowest BCUT2D eigenvalue weighted by molar-refractivity contribution is -0.144. The lowest BCUT2D eigenvalue weighted by atomic mass is 9.81. The quantitative estimate of drug-likeness (QED) is 0.769. The average molecular weight is 227 g/mol. The highest BCUT2D eigenvalue weighted by atomic mass is 16.4. The van der Waals surface area contributed by atoms with Crippen LogP contribution in [0.1, 0.15) is 46.0 Å². The lowest BCUT2D eigenvalue weighted by Crippen LogP contribution is -2.39. The molecule has 1 rings (SSSR count). The fraction of sp³-hybridized carbons (Fsp3) is 0.833. The number of nitrogens with one attached hydrogen (secondary N) is 1. The van der Waals surface area contributed by atoms with Crippen LogP contribution in [0, 0.1) is 11.8 Å². The Morgan fingerprint density at radius 3 is 2.56 bits per heavy atom. The van der Waals surface area contributed by atoms with Gasteiger partial charge in [0.1, 0.15) is 0 Å². The number of carboxylic acids is 1. The zero-order valence-corrected chi connectivity index (χ0v) is 10.0. The summed E-state index contributed by atoms with van der Waals surface area (Å²) >= 11 is 0. The molecule has 0 aromatic carbocycles. The van der Waals surface area contributed by atoms with Crippen molar-refractivity contribution in [1.82, 2.24) is 5.32 Å². The van der Waals surface area contributed by atoms with Gasteiger partial charge in [-0.3, -0.25) is 9.59 Å². The summed E-state index contributed by atoms with van der Waals surface area (Å²) in [6, 6.07) is 0.178. The Kier molecular flexibility index (Phi) is 4.77. The predicted molar refractivity (Wildman–Crippen MR) is 61.0 cm³/mol. The number of hydrogen-bond acceptors (Lipinski definition) is 2. The largest absolute Gasteiger partial charge is 0.481 e. The molecule has 1 saturated carbocycles. The summed E-state index contributed by atoms with van der Waals surface area (Å²) in [6.45, 7) is 3.99. The number of carbonyl (C=O) groups is 2. The Bertz CT molecular complexity index is 265. The molecular formula is C12H21NO3. The number of aliphatic carboxylic acids is 1. The third-order valence-electron chi connectivity index (χ3n) is 3.40. The predicted octanol–water partition coefficient (Wildman–Crippen LogP) is 1.79. The number of amides is 1. The molecule has 0 saturated heterocycles.